The maximum Gasteiger partial charge on any atom is 0.126 e. The van der Waals surface area contributed by atoms with E-state index in [-0.39, 0.29) is 5.82 Å². The molecule has 0 aliphatic rings. The van der Waals surface area contributed by atoms with Gasteiger partial charge in [-0.2, -0.15) is 0 Å². The van der Waals surface area contributed by atoms with Gasteiger partial charge in [0.05, 0.1) is 11.2 Å². The normalized spacial score (nSPS) is 10.8. The summed E-state index contributed by atoms with van der Waals surface area (Å²) in [6, 6.07) is 5.21. The number of benzene rings is 1. The zero-order chi connectivity index (χ0) is 12.3. The van der Waals surface area contributed by atoms with Crippen LogP contribution < -0.4 is 5.32 Å². The minimum Gasteiger partial charge on any atom is -0.308 e. The maximum absolute atomic E-state index is 13.1. The predicted octanol–water partition coefficient (Wildman–Crippen LogP) is 3.19. The number of hydrogen-bond donors (Lipinski definition) is 1. The Bertz CT molecular complexity index is 508. The van der Waals surface area contributed by atoms with Crippen LogP contribution in [-0.2, 0) is 13.1 Å². The fraction of sp³-hybridized carbons (Fsp3) is 0.308. The Labute approximate surface area is 105 Å². The first-order valence-corrected chi connectivity index (χ1v) is 6.39. The summed E-state index contributed by atoms with van der Waals surface area (Å²) in [5.74, 6) is -0.146. The molecule has 2 rings (SSSR count). The lowest BCUT2D eigenvalue weighted by Crippen LogP contribution is -2.12. The molecule has 0 saturated carbocycles. The zero-order valence-corrected chi connectivity index (χ0v) is 10.8. The molecular formula is C13H15FN2S. The number of aryl methyl sites for hydroxylation is 2. The van der Waals surface area contributed by atoms with Crippen LogP contribution in [0.4, 0.5) is 4.39 Å². The first-order chi connectivity index (χ1) is 8.16. The van der Waals surface area contributed by atoms with Crippen molar-refractivity contribution in [2.75, 3.05) is 0 Å². The van der Waals surface area contributed by atoms with Gasteiger partial charge in [0.1, 0.15) is 5.82 Å². The van der Waals surface area contributed by atoms with Gasteiger partial charge in [-0.05, 0) is 31.0 Å². The molecule has 0 saturated heterocycles. The van der Waals surface area contributed by atoms with E-state index in [9.17, 15) is 4.39 Å². The van der Waals surface area contributed by atoms with E-state index in [1.807, 2.05) is 24.6 Å². The first kappa shape index (κ1) is 12.2. The van der Waals surface area contributed by atoms with Crippen molar-refractivity contribution < 1.29 is 4.39 Å². The third-order valence-electron chi connectivity index (χ3n) is 2.68. The monoisotopic (exact) mass is 250 g/mol. The SMILES string of the molecule is Cc1cc(CNCc2scnc2C)ccc1F. The average molecular weight is 250 g/mol. The number of rotatable bonds is 4. The Kier molecular flexibility index (Phi) is 3.86. The average Bonchev–Trinajstić information content (AvgIpc) is 2.70. The second kappa shape index (κ2) is 5.38. The molecule has 4 heteroatoms. The molecule has 1 aromatic heterocycles. The van der Waals surface area contributed by atoms with Gasteiger partial charge in [0.2, 0.25) is 0 Å². The standard InChI is InChI=1S/C13H15FN2S/c1-9-5-11(3-4-12(9)14)6-15-7-13-10(2)16-8-17-13/h3-5,8,15H,6-7H2,1-2H3. The molecule has 17 heavy (non-hydrogen) atoms. The highest BCUT2D eigenvalue weighted by Crippen LogP contribution is 2.12. The van der Waals surface area contributed by atoms with Crippen molar-refractivity contribution >= 4 is 11.3 Å². The van der Waals surface area contributed by atoms with Crippen LogP contribution in [0, 0.1) is 19.7 Å². The Morgan fingerprint density at radius 2 is 2.12 bits per heavy atom. The van der Waals surface area contributed by atoms with Crippen LogP contribution in [0.1, 0.15) is 21.7 Å². The molecule has 0 aliphatic carbocycles. The number of hydrogen-bond acceptors (Lipinski definition) is 3. The van der Waals surface area contributed by atoms with Crippen molar-refractivity contribution in [3.63, 3.8) is 0 Å². The number of nitrogens with zero attached hydrogens (tertiary/aromatic N) is 1. The van der Waals surface area contributed by atoms with Crippen LogP contribution in [0.5, 0.6) is 0 Å². The van der Waals surface area contributed by atoms with E-state index in [1.54, 1.807) is 18.3 Å². The summed E-state index contributed by atoms with van der Waals surface area (Å²) in [5, 5.41) is 3.34. The minimum atomic E-state index is -0.146. The fourth-order valence-electron chi connectivity index (χ4n) is 1.63. The highest BCUT2D eigenvalue weighted by molar-refractivity contribution is 7.09. The second-order valence-electron chi connectivity index (χ2n) is 4.05. The first-order valence-electron chi connectivity index (χ1n) is 5.51. The quantitative estimate of drug-likeness (QED) is 0.901. The van der Waals surface area contributed by atoms with E-state index in [1.165, 1.54) is 10.9 Å². The summed E-state index contributed by atoms with van der Waals surface area (Å²) in [4.78, 5) is 5.45. The van der Waals surface area contributed by atoms with Gasteiger partial charge in [-0.3, -0.25) is 0 Å². The maximum atomic E-state index is 13.1. The highest BCUT2D eigenvalue weighted by atomic mass is 32.1. The third-order valence-corrected chi connectivity index (χ3v) is 3.62. The number of thiazole rings is 1. The van der Waals surface area contributed by atoms with E-state index in [2.05, 4.69) is 10.3 Å². The molecule has 1 heterocycles. The lowest BCUT2D eigenvalue weighted by Gasteiger charge is -2.05. The molecule has 0 radical (unpaired) electrons. The van der Waals surface area contributed by atoms with Crippen molar-refractivity contribution in [2.45, 2.75) is 26.9 Å². The van der Waals surface area contributed by atoms with Gasteiger partial charge >= 0.3 is 0 Å². The van der Waals surface area contributed by atoms with Crippen molar-refractivity contribution in [2.24, 2.45) is 0 Å². The molecule has 0 fully saturated rings. The summed E-state index contributed by atoms with van der Waals surface area (Å²) in [6.45, 7) is 5.35. The summed E-state index contributed by atoms with van der Waals surface area (Å²) in [5.41, 5.74) is 4.73. The van der Waals surface area contributed by atoms with E-state index < -0.39 is 0 Å². The van der Waals surface area contributed by atoms with Gasteiger partial charge in [0, 0.05) is 18.0 Å². The lowest BCUT2D eigenvalue weighted by molar-refractivity contribution is 0.615. The van der Waals surface area contributed by atoms with Crippen molar-refractivity contribution in [1.29, 1.82) is 0 Å². The van der Waals surface area contributed by atoms with Crippen LogP contribution in [0.2, 0.25) is 0 Å². The minimum absolute atomic E-state index is 0.146. The van der Waals surface area contributed by atoms with Crippen LogP contribution in [0.15, 0.2) is 23.7 Å². The highest BCUT2D eigenvalue weighted by Gasteiger charge is 2.02. The molecule has 1 N–H and O–H groups in total. The lowest BCUT2D eigenvalue weighted by atomic mass is 10.1. The van der Waals surface area contributed by atoms with Crippen molar-refractivity contribution in [3.05, 3.63) is 51.2 Å². The topological polar surface area (TPSA) is 24.9 Å². The van der Waals surface area contributed by atoms with Gasteiger partial charge in [-0.15, -0.1) is 11.3 Å². The van der Waals surface area contributed by atoms with Crippen molar-refractivity contribution in [1.82, 2.24) is 10.3 Å². The smallest absolute Gasteiger partial charge is 0.126 e. The summed E-state index contributed by atoms with van der Waals surface area (Å²) < 4.78 is 13.1. The van der Waals surface area contributed by atoms with Crippen LogP contribution >= 0.6 is 11.3 Å². The van der Waals surface area contributed by atoms with Gasteiger partial charge in [-0.25, -0.2) is 9.37 Å². The number of halogens is 1. The third kappa shape index (κ3) is 3.11. The van der Waals surface area contributed by atoms with Crippen LogP contribution in [-0.4, -0.2) is 4.98 Å². The molecule has 0 amide bonds. The van der Waals surface area contributed by atoms with E-state index in [0.717, 1.165) is 24.3 Å². The van der Waals surface area contributed by atoms with Crippen molar-refractivity contribution in [3.8, 4) is 0 Å². The number of aromatic nitrogens is 1. The van der Waals surface area contributed by atoms with Crippen LogP contribution in [0.25, 0.3) is 0 Å². The van der Waals surface area contributed by atoms with E-state index in [0.29, 0.717) is 5.56 Å². The molecule has 0 unspecified atom stereocenters. The van der Waals surface area contributed by atoms with Gasteiger partial charge in [0.25, 0.3) is 0 Å². The van der Waals surface area contributed by atoms with E-state index >= 15 is 0 Å². The zero-order valence-electron chi connectivity index (χ0n) is 9.96. The Balaban J connectivity index is 1.90. The summed E-state index contributed by atoms with van der Waals surface area (Å²) in [7, 11) is 0. The fourth-order valence-corrected chi connectivity index (χ4v) is 2.38. The largest absolute Gasteiger partial charge is 0.308 e. The van der Waals surface area contributed by atoms with Gasteiger partial charge in [-0.1, -0.05) is 12.1 Å². The van der Waals surface area contributed by atoms with Crippen LogP contribution in [0.3, 0.4) is 0 Å². The molecule has 0 spiro atoms. The molecule has 2 nitrogen and oxygen atoms in total. The summed E-state index contributed by atoms with van der Waals surface area (Å²) >= 11 is 1.66. The molecule has 0 atom stereocenters. The van der Waals surface area contributed by atoms with E-state index in [4.69, 9.17) is 0 Å². The Morgan fingerprint density at radius 3 is 2.76 bits per heavy atom. The molecule has 90 valence electrons. The molecule has 0 aliphatic heterocycles. The molecule has 1 aromatic carbocycles. The molecule has 0 bridgehead atoms. The summed E-state index contributed by atoms with van der Waals surface area (Å²) in [6.07, 6.45) is 0. The van der Waals surface area contributed by atoms with Gasteiger partial charge < -0.3 is 5.32 Å². The Morgan fingerprint density at radius 1 is 1.29 bits per heavy atom. The number of nitrogens with one attached hydrogen (secondary N) is 1. The second-order valence-corrected chi connectivity index (χ2v) is 4.99. The van der Waals surface area contributed by atoms with Gasteiger partial charge in [0.15, 0.2) is 0 Å². The Hall–Kier alpha value is -1.26. The molecule has 2 aromatic rings. The predicted molar refractivity (Wildman–Crippen MR) is 68.5 cm³/mol. The molecular weight excluding hydrogens is 235 g/mol.